The molecule has 0 aromatic heterocycles. The molecular weight excluding hydrogens is 340 g/mol. The number of carbonyl (C=O) groups excluding carboxylic acids is 1. The van der Waals surface area contributed by atoms with Gasteiger partial charge in [0.1, 0.15) is 6.10 Å². The molecule has 146 valence electrons. The maximum atomic E-state index is 12.9. The molecule has 0 saturated heterocycles. The average Bonchev–Trinajstić information content (AvgIpc) is 2.69. The summed E-state index contributed by atoms with van der Waals surface area (Å²) >= 11 is 0. The highest BCUT2D eigenvalue weighted by Gasteiger charge is 2.22. The zero-order valence-electron chi connectivity index (χ0n) is 16.2. The van der Waals surface area contributed by atoms with Crippen molar-refractivity contribution in [3.8, 4) is 0 Å². The Morgan fingerprint density at radius 2 is 1.70 bits per heavy atom. The lowest BCUT2D eigenvalue weighted by Crippen LogP contribution is -2.37. The average molecular weight is 370 g/mol. The van der Waals surface area contributed by atoms with E-state index in [1.165, 1.54) is 0 Å². The number of ketones is 1. The standard InChI is InChI=1S/C22H30N2O3/c1-24(2)14-13-23-16-20(25)17-27-21(15-18-9-5-3-6-10-18)22(26)19-11-7-4-8-12-19/h3-12,20-21,23,25H,13-17H2,1-2H3. The number of nitrogens with zero attached hydrogens (tertiary/aromatic N) is 1. The number of aliphatic hydroxyl groups excluding tert-OH is 1. The van der Waals surface area contributed by atoms with Crippen LogP contribution in [-0.4, -0.2) is 68.3 Å². The Morgan fingerprint density at radius 1 is 1.07 bits per heavy atom. The molecular formula is C22H30N2O3. The third-order valence-electron chi connectivity index (χ3n) is 4.22. The number of nitrogens with one attached hydrogen (secondary N) is 1. The quantitative estimate of drug-likeness (QED) is 0.442. The van der Waals surface area contributed by atoms with E-state index in [4.69, 9.17) is 4.74 Å². The fourth-order valence-corrected chi connectivity index (χ4v) is 2.70. The summed E-state index contributed by atoms with van der Waals surface area (Å²) in [7, 11) is 4.01. The van der Waals surface area contributed by atoms with Gasteiger partial charge in [-0.1, -0.05) is 60.7 Å². The highest BCUT2D eigenvalue weighted by atomic mass is 16.5. The van der Waals surface area contributed by atoms with Crippen molar-refractivity contribution >= 4 is 5.78 Å². The summed E-state index contributed by atoms with van der Waals surface area (Å²) in [5, 5.41) is 13.4. The van der Waals surface area contributed by atoms with Crippen molar-refractivity contribution in [1.82, 2.24) is 10.2 Å². The Hall–Kier alpha value is -2.05. The van der Waals surface area contributed by atoms with E-state index in [1.54, 1.807) is 12.1 Å². The summed E-state index contributed by atoms with van der Waals surface area (Å²) in [6.07, 6.45) is -0.796. The molecule has 0 bridgehead atoms. The molecule has 2 atom stereocenters. The Labute approximate surface area is 162 Å². The van der Waals surface area contributed by atoms with Crippen LogP contribution >= 0.6 is 0 Å². The smallest absolute Gasteiger partial charge is 0.191 e. The number of aliphatic hydroxyl groups is 1. The van der Waals surface area contributed by atoms with Gasteiger partial charge < -0.3 is 20.1 Å². The van der Waals surface area contributed by atoms with E-state index < -0.39 is 12.2 Å². The number of benzene rings is 2. The van der Waals surface area contributed by atoms with Crippen LogP contribution in [0.15, 0.2) is 60.7 Å². The van der Waals surface area contributed by atoms with Crippen molar-refractivity contribution in [2.24, 2.45) is 0 Å². The molecule has 0 radical (unpaired) electrons. The molecule has 0 fully saturated rings. The second-order valence-corrected chi connectivity index (χ2v) is 6.90. The molecule has 0 aliphatic carbocycles. The first-order valence-electron chi connectivity index (χ1n) is 9.34. The van der Waals surface area contributed by atoms with Crippen LogP contribution in [0.4, 0.5) is 0 Å². The van der Waals surface area contributed by atoms with E-state index >= 15 is 0 Å². The molecule has 2 unspecified atom stereocenters. The molecule has 5 heteroatoms. The summed E-state index contributed by atoms with van der Waals surface area (Å²) in [6.45, 7) is 2.24. The third-order valence-corrected chi connectivity index (χ3v) is 4.22. The van der Waals surface area contributed by atoms with Gasteiger partial charge in [0.2, 0.25) is 0 Å². The molecule has 5 nitrogen and oxygen atoms in total. The number of likely N-dealkylation sites (N-methyl/N-ethyl adjacent to an activating group) is 1. The zero-order valence-corrected chi connectivity index (χ0v) is 16.2. The van der Waals surface area contributed by atoms with Gasteiger partial charge in [-0.15, -0.1) is 0 Å². The van der Waals surface area contributed by atoms with E-state index in [1.807, 2.05) is 62.6 Å². The lowest BCUT2D eigenvalue weighted by molar-refractivity contribution is -0.00170. The van der Waals surface area contributed by atoms with Crippen molar-refractivity contribution < 1.29 is 14.6 Å². The van der Waals surface area contributed by atoms with E-state index in [9.17, 15) is 9.90 Å². The minimum Gasteiger partial charge on any atom is -0.389 e. The first-order valence-corrected chi connectivity index (χ1v) is 9.34. The number of carbonyl (C=O) groups is 1. The number of hydrogen-bond donors (Lipinski definition) is 2. The molecule has 27 heavy (non-hydrogen) atoms. The first-order chi connectivity index (χ1) is 13.1. The highest BCUT2D eigenvalue weighted by Crippen LogP contribution is 2.13. The van der Waals surface area contributed by atoms with Crippen molar-refractivity contribution in [2.45, 2.75) is 18.6 Å². The SMILES string of the molecule is CN(C)CCNCC(O)COC(Cc1ccccc1)C(=O)c1ccccc1. The lowest BCUT2D eigenvalue weighted by atomic mass is 10.00. The van der Waals surface area contributed by atoms with Gasteiger partial charge in [-0.05, 0) is 19.7 Å². The summed E-state index contributed by atoms with van der Waals surface area (Å²) in [5.74, 6) is -0.0628. The van der Waals surface area contributed by atoms with Gasteiger partial charge in [0.15, 0.2) is 5.78 Å². The molecule has 2 aromatic rings. The molecule has 0 spiro atoms. The number of hydrogen-bond acceptors (Lipinski definition) is 5. The Balaban J connectivity index is 1.92. The number of rotatable bonds is 12. The van der Waals surface area contributed by atoms with Crippen molar-refractivity contribution in [3.05, 3.63) is 71.8 Å². The third kappa shape index (κ3) is 8.01. The molecule has 0 amide bonds. The fraction of sp³-hybridized carbons (Fsp3) is 0.409. The van der Waals surface area contributed by atoms with Gasteiger partial charge in [-0.2, -0.15) is 0 Å². The van der Waals surface area contributed by atoms with Gasteiger partial charge in [0, 0.05) is 31.6 Å². The summed E-state index contributed by atoms with van der Waals surface area (Å²) < 4.78 is 5.85. The Bertz CT molecular complexity index is 662. The van der Waals surface area contributed by atoms with Gasteiger partial charge >= 0.3 is 0 Å². The van der Waals surface area contributed by atoms with Crippen LogP contribution in [-0.2, 0) is 11.2 Å². The number of Topliss-reactive ketones (excluding diaryl/α,β-unsaturated/α-hetero) is 1. The number of ether oxygens (including phenoxy) is 1. The molecule has 2 rings (SSSR count). The second-order valence-electron chi connectivity index (χ2n) is 6.90. The molecule has 2 N–H and O–H groups in total. The van der Waals surface area contributed by atoms with Crippen LogP contribution < -0.4 is 5.32 Å². The maximum Gasteiger partial charge on any atom is 0.191 e. The normalized spacial score (nSPS) is 13.5. The first kappa shape index (κ1) is 21.3. The summed E-state index contributed by atoms with van der Waals surface area (Å²) in [5.41, 5.74) is 1.66. The van der Waals surface area contributed by atoms with Crippen LogP contribution in [0.5, 0.6) is 0 Å². The van der Waals surface area contributed by atoms with Gasteiger partial charge in [0.05, 0.1) is 12.7 Å². The predicted molar refractivity (Wildman–Crippen MR) is 108 cm³/mol. The molecule has 0 aliphatic heterocycles. The minimum atomic E-state index is -0.658. The lowest BCUT2D eigenvalue weighted by Gasteiger charge is -2.20. The van der Waals surface area contributed by atoms with Crippen molar-refractivity contribution in [2.75, 3.05) is 40.3 Å². The molecule has 2 aromatic carbocycles. The van der Waals surface area contributed by atoms with Gasteiger partial charge in [-0.3, -0.25) is 4.79 Å². The van der Waals surface area contributed by atoms with E-state index in [0.717, 1.165) is 18.7 Å². The zero-order chi connectivity index (χ0) is 19.5. The monoisotopic (exact) mass is 370 g/mol. The summed E-state index contributed by atoms with van der Waals surface area (Å²) in [4.78, 5) is 14.9. The van der Waals surface area contributed by atoms with Crippen molar-refractivity contribution in [3.63, 3.8) is 0 Å². The van der Waals surface area contributed by atoms with Crippen molar-refractivity contribution in [1.29, 1.82) is 0 Å². The van der Waals surface area contributed by atoms with E-state index in [2.05, 4.69) is 10.2 Å². The van der Waals surface area contributed by atoms with Crippen LogP contribution in [0.2, 0.25) is 0 Å². The molecule has 0 heterocycles. The highest BCUT2D eigenvalue weighted by molar-refractivity contribution is 5.99. The van der Waals surface area contributed by atoms with E-state index in [0.29, 0.717) is 18.5 Å². The van der Waals surface area contributed by atoms with Crippen LogP contribution in [0.1, 0.15) is 15.9 Å². The molecule has 0 saturated carbocycles. The predicted octanol–water partition coefficient (Wildman–Crippen LogP) is 2.01. The van der Waals surface area contributed by atoms with Gasteiger partial charge in [0.25, 0.3) is 0 Å². The topological polar surface area (TPSA) is 61.8 Å². The van der Waals surface area contributed by atoms with Crippen LogP contribution in [0.25, 0.3) is 0 Å². The molecule has 0 aliphatic rings. The minimum absolute atomic E-state index is 0.0628. The Morgan fingerprint density at radius 3 is 2.33 bits per heavy atom. The fourth-order valence-electron chi connectivity index (χ4n) is 2.70. The van der Waals surface area contributed by atoms with Crippen LogP contribution in [0.3, 0.4) is 0 Å². The largest absolute Gasteiger partial charge is 0.389 e. The second kappa shape index (κ2) is 11.6. The Kier molecular flexibility index (Phi) is 9.15. The van der Waals surface area contributed by atoms with E-state index in [-0.39, 0.29) is 12.4 Å². The van der Waals surface area contributed by atoms with Gasteiger partial charge in [-0.25, -0.2) is 0 Å². The van der Waals surface area contributed by atoms with Crippen LogP contribution in [0, 0.1) is 0 Å². The maximum absolute atomic E-state index is 12.9. The summed E-state index contributed by atoms with van der Waals surface area (Å²) in [6, 6.07) is 19.0.